The van der Waals surface area contributed by atoms with E-state index in [4.69, 9.17) is 0 Å². The quantitative estimate of drug-likeness (QED) is 0.851. The summed E-state index contributed by atoms with van der Waals surface area (Å²) in [6, 6.07) is 8.59. The molecule has 1 heterocycles. The zero-order chi connectivity index (χ0) is 16.9. The SMILES string of the molecule is CN(C)S(=O)(=O)N1CCCCC1CNC(=O)Nc1ccccc1. The summed E-state index contributed by atoms with van der Waals surface area (Å²) in [7, 11) is -0.412. The van der Waals surface area contributed by atoms with Crippen LogP contribution in [0.15, 0.2) is 30.3 Å². The van der Waals surface area contributed by atoms with Crippen LogP contribution in [-0.4, -0.2) is 56.3 Å². The van der Waals surface area contributed by atoms with Crippen LogP contribution in [0.25, 0.3) is 0 Å². The van der Waals surface area contributed by atoms with Crippen molar-refractivity contribution in [1.82, 2.24) is 13.9 Å². The zero-order valence-electron chi connectivity index (χ0n) is 13.5. The summed E-state index contributed by atoms with van der Waals surface area (Å²) >= 11 is 0. The standard InChI is InChI=1S/C15H24N4O3S/c1-18(2)23(21,22)19-11-7-6-10-14(19)12-16-15(20)17-13-8-4-3-5-9-13/h3-5,8-9,14H,6-7,10-12H2,1-2H3,(H2,16,17,20). The van der Waals surface area contributed by atoms with Crippen molar-refractivity contribution in [3.63, 3.8) is 0 Å². The Morgan fingerprint density at radius 2 is 1.96 bits per heavy atom. The lowest BCUT2D eigenvalue weighted by molar-refractivity contribution is 0.225. The molecule has 2 rings (SSSR count). The fourth-order valence-electron chi connectivity index (χ4n) is 2.60. The number of nitrogens with zero attached hydrogens (tertiary/aromatic N) is 2. The molecule has 1 unspecified atom stereocenters. The molecule has 1 aromatic carbocycles. The van der Waals surface area contributed by atoms with Crippen LogP contribution in [0.1, 0.15) is 19.3 Å². The molecule has 2 N–H and O–H groups in total. The molecule has 8 heteroatoms. The average molecular weight is 340 g/mol. The summed E-state index contributed by atoms with van der Waals surface area (Å²) in [6.07, 6.45) is 2.56. The maximum atomic E-state index is 12.4. The highest BCUT2D eigenvalue weighted by atomic mass is 32.2. The summed E-state index contributed by atoms with van der Waals surface area (Å²) in [5, 5.41) is 5.50. The number of piperidine rings is 1. The number of urea groups is 1. The van der Waals surface area contributed by atoms with E-state index in [0.717, 1.165) is 19.3 Å². The van der Waals surface area contributed by atoms with Gasteiger partial charge in [0, 0.05) is 38.9 Å². The number of rotatable bonds is 5. The van der Waals surface area contributed by atoms with Gasteiger partial charge >= 0.3 is 6.03 Å². The van der Waals surface area contributed by atoms with E-state index in [-0.39, 0.29) is 12.1 Å². The Balaban J connectivity index is 1.93. The van der Waals surface area contributed by atoms with Gasteiger partial charge in [0.2, 0.25) is 0 Å². The lowest BCUT2D eigenvalue weighted by Crippen LogP contribution is -2.52. The fourth-order valence-corrected chi connectivity index (χ4v) is 3.93. The molecule has 2 amide bonds. The van der Waals surface area contributed by atoms with Crippen LogP contribution in [0.3, 0.4) is 0 Å². The first-order valence-electron chi connectivity index (χ1n) is 7.70. The van der Waals surface area contributed by atoms with E-state index in [1.807, 2.05) is 18.2 Å². The Morgan fingerprint density at radius 3 is 2.61 bits per heavy atom. The van der Waals surface area contributed by atoms with E-state index in [2.05, 4.69) is 10.6 Å². The van der Waals surface area contributed by atoms with Gasteiger partial charge in [-0.2, -0.15) is 17.0 Å². The third-order valence-corrected chi connectivity index (χ3v) is 5.86. The molecule has 0 radical (unpaired) electrons. The van der Waals surface area contributed by atoms with Crippen LogP contribution in [0, 0.1) is 0 Å². The van der Waals surface area contributed by atoms with E-state index in [1.54, 1.807) is 12.1 Å². The van der Waals surface area contributed by atoms with Crippen LogP contribution in [-0.2, 0) is 10.2 Å². The monoisotopic (exact) mass is 340 g/mol. The highest BCUT2D eigenvalue weighted by molar-refractivity contribution is 7.86. The highest BCUT2D eigenvalue weighted by Crippen LogP contribution is 2.21. The Labute approximate surface area is 137 Å². The minimum Gasteiger partial charge on any atom is -0.336 e. The van der Waals surface area contributed by atoms with Crippen molar-refractivity contribution in [3.8, 4) is 0 Å². The van der Waals surface area contributed by atoms with Crippen LogP contribution >= 0.6 is 0 Å². The summed E-state index contributed by atoms with van der Waals surface area (Å²) in [4.78, 5) is 11.9. The molecular weight excluding hydrogens is 316 g/mol. The molecule has 0 aliphatic carbocycles. The van der Waals surface area contributed by atoms with Crippen molar-refractivity contribution in [3.05, 3.63) is 30.3 Å². The number of para-hydroxylation sites is 1. The second kappa shape index (κ2) is 7.76. The van der Waals surface area contributed by atoms with Crippen molar-refractivity contribution in [2.75, 3.05) is 32.5 Å². The van der Waals surface area contributed by atoms with Gasteiger partial charge in [-0.3, -0.25) is 0 Å². The average Bonchev–Trinajstić information content (AvgIpc) is 2.54. The van der Waals surface area contributed by atoms with Crippen molar-refractivity contribution in [1.29, 1.82) is 0 Å². The van der Waals surface area contributed by atoms with Crippen LogP contribution < -0.4 is 10.6 Å². The van der Waals surface area contributed by atoms with E-state index in [0.29, 0.717) is 18.8 Å². The molecule has 0 aromatic heterocycles. The van der Waals surface area contributed by atoms with Gasteiger partial charge in [-0.05, 0) is 25.0 Å². The first-order valence-corrected chi connectivity index (χ1v) is 9.10. The summed E-state index contributed by atoms with van der Waals surface area (Å²) < 4.78 is 27.4. The fraction of sp³-hybridized carbons (Fsp3) is 0.533. The molecule has 0 saturated carbocycles. The van der Waals surface area contributed by atoms with E-state index in [9.17, 15) is 13.2 Å². The van der Waals surface area contributed by atoms with E-state index >= 15 is 0 Å². The van der Waals surface area contributed by atoms with Crippen molar-refractivity contribution < 1.29 is 13.2 Å². The number of benzene rings is 1. The largest absolute Gasteiger partial charge is 0.336 e. The van der Waals surface area contributed by atoms with Crippen molar-refractivity contribution in [2.45, 2.75) is 25.3 Å². The molecule has 0 spiro atoms. The Bertz CT molecular complexity index is 619. The molecule has 1 aromatic rings. The number of hydrogen-bond acceptors (Lipinski definition) is 3. The summed E-state index contributed by atoms with van der Waals surface area (Å²) in [5.74, 6) is 0. The third kappa shape index (κ3) is 4.66. The van der Waals surface area contributed by atoms with Crippen LogP contribution in [0.4, 0.5) is 10.5 Å². The van der Waals surface area contributed by atoms with E-state index < -0.39 is 10.2 Å². The van der Waals surface area contributed by atoms with Crippen LogP contribution in [0.2, 0.25) is 0 Å². The molecule has 1 saturated heterocycles. The summed E-state index contributed by atoms with van der Waals surface area (Å²) in [5.41, 5.74) is 0.700. The maximum absolute atomic E-state index is 12.4. The second-order valence-corrected chi connectivity index (χ2v) is 7.85. The number of carbonyl (C=O) groups is 1. The normalized spacial score (nSPS) is 19.5. The number of nitrogens with one attached hydrogen (secondary N) is 2. The number of amides is 2. The highest BCUT2D eigenvalue weighted by Gasteiger charge is 2.33. The first kappa shape index (κ1) is 17.7. The van der Waals surface area contributed by atoms with Crippen molar-refractivity contribution in [2.24, 2.45) is 0 Å². The van der Waals surface area contributed by atoms with Crippen molar-refractivity contribution >= 4 is 21.9 Å². The van der Waals surface area contributed by atoms with Gasteiger partial charge in [-0.25, -0.2) is 4.79 Å². The molecule has 1 atom stereocenters. The zero-order valence-corrected chi connectivity index (χ0v) is 14.3. The number of hydrogen-bond donors (Lipinski definition) is 2. The van der Waals surface area contributed by atoms with Gasteiger partial charge in [0.05, 0.1) is 0 Å². The maximum Gasteiger partial charge on any atom is 0.319 e. The third-order valence-electron chi connectivity index (χ3n) is 3.86. The minimum atomic E-state index is -3.46. The molecular formula is C15H24N4O3S. The van der Waals surface area contributed by atoms with Gasteiger partial charge in [-0.1, -0.05) is 24.6 Å². The Hall–Kier alpha value is -1.64. The Kier molecular flexibility index (Phi) is 5.97. The van der Waals surface area contributed by atoms with Crippen LogP contribution in [0.5, 0.6) is 0 Å². The van der Waals surface area contributed by atoms with Gasteiger partial charge in [-0.15, -0.1) is 0 Å². The smallest absolute Gasteiger partial charge is 0.319 e. The molecule has 23 heavy (non-hydrogen) atoms. The van der Waals surface area contributed by atoms with E-state index in [1.165, 1.54) is 22.7 Å². The lowest BCUT2D eigenvalue weighted by atomic mass is 10.1. The topological polar surface area (TPSA) is 81.8 Å². The molecule has 0 bridgehead atoms. The summed E-state index contributed by atoms with van der Waals surface area (Å²) in [6.45, 7) is 0.791. The van der Waals surface area contributed by atoms with Gasteiger partial charge < -0.3 is 10.6 Å². The molecule has 1 aliphatic heterocycles. The lowest BCUT2D eigenvalue weighted by Gasteiger charge is -2.36. The predicted octanol–water partition coefficient (Wildman–Crippen LogP) is 1.47. The molecule has 7 nitrogen and oxygen atoms in total. The number of carbonyl (C=O) groups excluding carboxylic acids is 1. The number of anilines is 1. The van der Waals surface area contributed by atoms with Gasteiger partial charge in [0.25, 0.3) is 10.2 Å². The van der Waals surface area contributed by atoms with Gasteiger partial charge in [0.15, 0.2) is 0 Å². The van der Waals surface area contributed by atoms with Gasteiger partial charge in [0.1, 0.15) is 0 Å². The minimum absolute atomic E-state index is 0.210. The first-order chi connectivity index (χ1) is 10.9. The Morgan fingerprint density at radius 1 is 1.26 bits per heavy atom. The predicted molar refractivity (Wildman–Crippen MR) is 90.4 cm³/mol. The second-order valence-electron chi connectivity index (χ2n) is 5.75. The molecule has 1 aliphatic rings. The molecule has 128 valence electrons. The molecule has 1 fully saturated rings.